The molecule has 1 unspecified atom stereocenters. The fraction of sp³-hybridized carbons (Fsp3) is 0.235. The molecular formula is C17H16F3NO3. The Balaban J connectivity index is 2.06. The van der Waals surface area contributed by atoms with Crippen molar-refractivity contribution in [2.75, 3.05) is 5.32 Å². The quantitative estimate of drug-likeness (QED) is 0.883. The number of hydrogen-bond acceptors (Lipinski definition) is 3. The lowest BCUT2D eigenvalue weighted by atomic mass is 10.2. The molecule has 2 rings (SSSR count). The minimum Gasteiger partial charge on any atom is -0.481 e. The van der Waals surface area contributed by atoms with Gasteiger partial charge >= 0.3 is 6.36 Å². The lowest BCUT2D eigenvalue weighted by Crippen LogP contribution is -2.30. The number of anilines is 1. The van der Waals surface area contributed by atoms with Gasteiger partial charge in [-0.2, -0.15) is 0 Å². The van der Waals surface area contributed by atoms with Crippen molar-refractivity contribution in [3.05, 3.63) is 54.1 Å². The molecule has 2 aromatic rings. The lowest BCUT2D eigenvalue weighted by Gasteiger charge is -2.17. The van der Waals surface area contributed by atoms with Crippen molar-refractivity contribution < 1.29 is 27.4 Å². The molecule has 0 spiro atoms. The molecule has 1 N–H and O–H groups in total. The van der Waals surface area contributed by atoms with E-state index < -0.39 is 24.1 Å². The smallest absolute Gasteiger partial charge is 0.481 e. The number of carbonyl (C=O) groups excluding carboxylic acids is 1. The maximum Gasteiger partial charge on any atom is 0.573 e. The first-order valence-electron chi connectivity index (χ1n) is 7.13. The Kier molecular flexibility index (Phi) is 5.33. The third kappa shape index (κ3) is 5.19. The van der Waals surface area contributed by atoms with Crippen molar-refractivity contribution in [2.24, 2.45) is 0 Å². The number of carbonyl (C=O) groups is 1. The summed E-state index contributed by atoms with van der Waals surface area (Å²) < 4.78 is 46.5. The molecule has 0 aliphatic heterocycles. The third-order valence-corrected chi connectivity index (χ3v) is 3.04. The normalized spacial score (nSPS) is 12.4. The highest BCUT2D eigenvalue weighted by Crippen LogP contribution is 2.30. The highest BCUT2D eigenvalue weighted by atomic mass is 19.4. The Morgan fingerprint density at radius 1 is 1.12 bits per heavy atom. The van der Waals surface area contributed by atoms with Crippen molar-refractivity contribution in [2.45, 2.75) is 26.3 Å². The van der Waals surface area contributed by atoms with Crippen LogP contribution in [-0.4, -0.2) is 18.4 Å². The molecule has 0 bridgehead atoms. The van der Waals surface area contributed by atoms with E-state index in [1.165, 1.54) is 25.1 Å². The molecule has 0 heterocycles. The largest absolute Gasteiger partial charge is 0.573 e. The monoisotopic (exact) mass is 339 g/mol. The molecule has 2 aromatic carbocycles. The molecule has 0 aliphatic rings. The highest BCUT2D eigenvalue weighted by Gasteiger charge is 2.32. The van der Waals surface area contributed by atoms with Crippen molar-refractivity contribution >= 4 is 11.6 Å². The zero-order valence-corrected chi connectivity index (χ0v) is 13.1. The summed E-state index contributed by atoms with van der Waals surface area (Å²) in [5, 5.41) is 2.38. The molecule has 4 nitrogen and oxygen atoms in total. The van der Waals surface area contributed by atoms with Gasteiger partial charge in [0.25, 0.3) is 5.91 Å². The molecule has 1 atom stereocenters. The number of nitrogens with one attached hydrogen (secondary N) is 1. The van der Waals surface area contributed by atoms with Gasteiger partial charge in [0.1, 0.15) is 5.75 Å². The summed E-state index contributed by atoms with van der Waals surface area (Å²) >= 11 is 0. The molecular weight excluding hydrogens is 323 g/mol. The number of aryl methyl sites for hydroxylation is 1. The van der Waals surface area contributed by atoms with E-state index in [9.17, 15) is 18.0 Å². The second-order valence-electron chi connectivity index (χ2n) is 5.11. The van der Waals surface area contributed by atoms with Gasteiger partial charge in [0, 0.05) is 0 Å². The Morgan fingerprint density at radius 2 is 1.83 bits per heavy atom. The predicted octanol–water partition coefficient (Wildman–Crippen LogP) is 4.30. The summed E-state index contributed by atoms with van der Waals surface area (Å²) in [6.07, 6.45) is -5.74. The molecule has 7 heteroatoms. The van der Waals surface area contributed by atoms with Crippen LogP contribution in [-0.2, 0) is 4.79 Å². The van der Waals surface area contributed by atoms with Gasteiger partial charge in [0.05, 0.1) is 5.69 Å². The summed E-state index contributed by atoms with van der Waals surface area (Å²) in [7, 11) is 0. The molecule has 0 aromatic heterocycles. The van der Waals surface area contributed by atoms with Crippen LogP contribution in [0, 0.1) is 6.92 Å². The van der Waals surface area contributed by atoms with Crippen LogP contribution in [0.2, 0.25) is 0 Å². The average molecular weight is 339 g/mol. The number of ether oxygens (including phenoxy) is 2. The van der Waals surface area contributed by atoms with Gasteiger partial charge in [-0.3, -0.25) is 4.79 Å². The first-order chi connectivity index (χ1) is 11.2. The summed E-state index contributed by atoms with van der Waals surface area (Å²) in [5.74, 6) is -0.576. The molecule has 128 valence electrons. The van der Waals surface area contributed by atoms with E-state index in [-0.39, 0.29) is 5.69 Å². The Bertz CT molecular complexity index is 716. The summed E-state index contributed by atoms with van der Waals surface area (Å²) in [4.78, 5) is 12.1. The van der Waals surface area contributed by atoms with Crippen molar-refractivity contribution in [1.82, 2.24) is 0 Å². The first-order valence-corrected chi connectivity index (χ1v) is 7.13. The zero-order valence-electron chi connectivity index (χ0n) is 13.1. The highest BCUT2D eigenvalue weighted by molar-refractivity contribution is 5.95. The van der Waals surface area contributed by atoms with Gasteiger partial charge in [-0.1, -0.05) is 24.3 Å². The van der Waals surface area contributed by atoms with Crippen LogP contribution in [0.4, 0.5) is 18.9 Å². The Morgan fingerprint density at radius 3 is 2.50 bits per heavy atom. The van der Waals surface area contributed by atoms with Crippen LogP contribution in [0.5, 0.6) is 11.5 Å². The molecule has 0 saturated carbocycles. The first kappa shape index (κ1) is 17.7. The van der Waals surface area contributed by atoms with Crippen LogP contribution in [0.1, 0.15) is 12.5 Å². The SMILES string of the molecule is Cc1cccc(OC(C)C(=O)Nc2ccccc2OC(F)(F)F)c1. The van der Waals surface area contributed by atoms with E-state index >= 15 is 0 Å². The number of alkyl halides is 3. The van der Waals surface area contributed by atoms with Crippen LogP contribution in [0.15, 0.2) is 48.5 Å². The van der Waals surface area contributed by atoms with Gasteiger partial charge in [-0.05, 0) is 43.7 Å². The van der Waals surface area contributed by atoms with Gasteiger partial charge in [-0.25, -0.2) is 0 Å². The van der Waals surface area contributed by atoms with Crippen molar-refractivity contribution in [1.29, 1.82) is 0 Å². The molecule has 0 aliphatic carbocycles. The lowest BCUT2D eigenvalue weighted by molar-refractivity contribution is -0.274. The van der Waals surface area contributed by atoms with Crippen LogP contribution >= 0.6 is 0 Å². The van der Waals surface area contributed by atoms with Gasteiger partial charge in [0.2, 0.25) is 0 Å². The van der Waals surface area contributed by atoms with Crippen molar-refractivity contribution in [3.63, 3.8) is 0 Å². The van der Waals surface area contributed by atoms with Crippen LogP contribution < -0.4 is 14.8 Å². The second kappa shape index (κ2) is 7.25. The Hall–Kier alpha value is -2.70. The maximum absolute atomic E-state index is 12.4. The van der Waals surface area contributed by atoms with Gasteiger partial charge in [0.15, 0.2) is 11.9 Å². The predicted molar refractivity (Wildman–Crippen MR) is 83.0 cm³/mol. The number of amides is 1. The van der Waals surface area contributed by atoms with E-state index in [2.05, 4.69) is 10.1 Å². The van der Waals surface area contributed by atoms with Gasteiger partial charge < -0.3 is 14.8 Å². The van der Waals surface area contributed by atoms with E-state index in [4.69, 9.17) is 4.74 Å². The molecule has 24 heavy (non-hydrogen) atoms. The zero-order chi connectivity index (χ0) is 17.7. The summed E-state index contributed by atoms with van der Waals surface area (Å²) in [5.41, 5.74) is 0.878. The number of rotatable bonds is 5. The third-order valence-electron chi connectivity index (χ3n) is 3.04. The van der Waals surface area contributed by atoms with Crippen LogP contribution in [0.25, 0.3) is 0 Å². The standard InChI is InChI=1S/C17H16F3NO3/c1-11-6-5-7-13(10-11)23-12(2)16(22)21-14-8-3-4-9-15(14)24-17(18,19)20/h3-10,12H,1-2H3,(H,21,22). The Labute approximate surface area is 137 Å². The fourth-order valence-corrected chi connectivity index (χ4v) is 1.96. The van der Waals surface area contributed by atoms with E-state index in [0.29, 0.717) is 5.75 Å². The van der Waals surface area contributed by atoms with Gasteiger partial charge in [-0.15, -0.1) is 13.2 Å². The molecule has 0 fully saturated rings. The number of para-hydroxylation sites is 2. The summed E-state index contributed by atoms with van der Waals surface area (Å²) in [6.45, 7) is 3.38. The number of hydrogen-bond donors (Lipinski definition) is 1. The van der Waals surface area contributed by atoms with E-state index in [0.717, 1.165) is 11.6 Å². The minimum atomic E-state index is -4.84. The van der Waals surface area contributed by atoms with E-state index in [1.807, 2.05) is 13.0 Å². The van der Waals surface area contributed by atoms with Crippen LogP contribution in [0.3, 0.4) is 0 Å². The second-order valence-corrected chi connectivity index (χ2v) is 5.11. The number of benzene rings is 2. The summed E-state index contributed by atoms with van der Waals surface area (Å²) in [6, 6.07) is 12.4. The number of halogens is 3. The molecule has 0 radical (unpaired) electrons. The fourth-order valence-electron chi connectivity index (χ4n) is 1.96. The average Bonchev–Trinajstić information content (AvgIpc) is 2.47. The maximum atomic E-state index is 12.4. The van der Waals surface area contributed by atoms with Crippen molar-refractivity contribution in [3.8, 4) is 11.5 Å². The molecule has 0 saturated heterocycles. The molecule has 1 amide bonds. The topological polar surface area (TPSA) is 47.6 Å². The minimum absolute atomic E-state index is 0.0838. The van der Waals surface area contributed by atoms with E-state index in [1.54, 1.807) is 18.2 Å².